The highest BCUT2D eigenvalue weighted by Gasteiger charge is 2.22. The molecule has 0 aliphatic heterocycles. The maximum Gasteiger partial charge on any atom is 0.224 e. The summed E-state index contributed by atoms with van der Waals surface area (Å²) in [7, 11) is 0. The summed E-state index contributed by atoms with van der Waals surface area (Å²) < 4.78 is 13.4. The summed E-state index contributed by atoms with van der Waals surface area (Å²) in [6.07, 6.45) is -0.438. The minimum Gasteiger partial charge on any atom is -0.391 e. The molecule has 0 heterocycles. The van der Waals surface area contributed by atoms with Gasteiger partial charge in [-0.05, 0) is 39.0 Å². The van der Waals surface area contributed by atoms with Gasteiger partial charge in [-0.25, -0.2) is 4.39 Å². The molecule has 5 heteroatoms. The number of aliphatic hydroxyl groups is 1. The van der Waals surface area contributed by atoms with E-state index in [0.29, 0.717) is 4.47 Å². The van der Waals surface area contributed by atoms with Crippen molar-refractivity contribution in [3.05, 3.63) is 34.1 Å². The second-order valence-corrected chi connectivity index (χ2v) is 6.47. The Morgan fingerprint density at radius 3 is 2.63 bits per heavy atom. The molecule has 0 bridgehead atoms. The molecule has 0 saturated heterocycles. The number of hydrogen-bond acceptors (Lipinski definition) is 2. The van der Waals surface area contributed by atoms with Crippen molar-refractivity contribution in [2.75, 3.05) is 6.54 Å². The van der Waals surface area contributed by atoms with Crippen LogP contribution in [0, 0.1) is 11.2 Å². The zero-order valence-corrected chi connectivity index (χ0v) is 12.9. The Balaban J connectivity index is 2.49. The third-order valence-electron chi connectivity index (χ3n) is 2.84. The first kappa shape index (κ1) is 16.1. The van der Waals surface area contributed by atoms with Crippen LogP contribution in [0.2, 0.25) is 0 Å². The van der Waals surface area contributed by atoms with E-state index < -0.39 is 6.10 Å². The molecule has 1 atom stereocenters. The molecule has 1 amide bonds. The van der Waals surface area contributed by atoms with Crippen LogP contribution in [0.5, 0.6) is 0 Å². The number of amides is 1. The molecule has 0 spiro atoms. The minimum atomic E-state index is -0.601. The molecular formula is C14H19BrFNO2. The van der Waals surface area contributed by atoms with Crippen LogP contribution in [-0.4, -0.2) is 23.7 Å². The number of nitrogens with one attached hydrogen (secondary N) is 1. The van der Waals surface area contributed by atoms with Crippen LogP contribution in [0.1, 0.15) is 26.3 Å². The van der Waals surface area contributed by atoms with E-state index in [-0.39, 0.29) is 30.1 Å². The lowest BCUT2D eigenvalue weighted by atomic mass is 9.89. The average Bonchev–Trinajstić information content (AvgIpc) is 2.29. The molecule has 0 aromatic heterocycles. The van der Waals surface area contributed by atoms with Crippen molar-refractivity contribution in [3.63, 3.8) is 0 Å². The lowest BCUT2D eigenvalue weighted by molar-refractivity contribution is -0.121. The fraction of sp³-hybridized carbons (Fsp3) is 0.500. The van der Waals surface area contributed by atoms with Crippen LogP contribution in [0.25, 0.3) is 0 Å². The summed E-state index contributed by atoms with van der Waals surface area (Å²) in [5.74, 6) is -0.547. The van der Waals surface area contributed by atoms with Crippen molar-refractivity contribution in [1.82, 2.24) is 5.32 Å². The highest BCUT2D eigenvalue weighted by molar-refractivity contribution is 9.10. The molecule has 1 aromatic rings. The first-order chi connectivity index (χ1) is 8.70. The van der Waals surface area contributed by atoms with E-state index in [9.17, 15) is 14.3 Å². The van der Waals surface area contributed by atoms with Crippen molar-refractivity contribution in [2.24, 2.45) is 5.41 Å². The normalized spacial score (nSPS) is 13.2. The largest absolute Gasteiger partial charge is 0.391 e. The predicted molar refractivity (Wildman–Crippen MR) is 76.3 cm³/mol. The third-order valence-corrected chi connectivity index (χ3v) is 3.45. The Hall–Kier alpha value is -0.940. The number of carbonyl (C=O) groups is 1. The molecule has 1 aromatic carbocycles. The molecule has 2 N–H and O–H groups in total. The summed E-state index contributed by atoms with van der Waals surface area (Å²) in [5.41, 5.74) is 0.447. The van der Waals surface area contributed by atoms with Gasteiger partial charge in [-0.3, -0.25) is 4.79 Å². The second-order valence-electron chi connectivity index (χ2n) is 5.61. The quantitative estimate of drug-likeness (QED) is 0.891. The number of rotatable bonds is 4. The van der Waals surface area contributed by atoms with Crippen molar-refractivity contribution in [2.45, 2.75) is 33.3 Å². The molecule has 0 radical (unpaired) electrons. The Morgan fingerprint density at radius 2 is 2.11 bits per heavy atom. The fourth-order valence-electron chi connectivity index (χ4n) is 1.41. The zero-order chi connectivity index (χ0) is 14.6. The first-order valence-corrected chi connectivity index (χ1v) is 6.88. The van der Waals surface area contributed by atoms with Crippen molar-refractivity contribution in [1.29, 1.82) is 0 Å². The van der Waals surface area contributed by atoms with Crippen LogP contribution in [0.4, 0.5) is 4.39 Å². The fourth-order valence-corrected chi connectivity index (χ4v) is 1.84. The Kier molecular flexibility index (Phi) is 5.50. The topological polar surface area (TPSA) is 49.3 Å². The molecule has 0 aliphatic carbocycles. The van der Waals surface area contributed by atoms with E-state index in [1.54, 1.807) is 12.1 Å². The van der Waals surface area contributed by atoms with E-state index in [1.165, 1.54) is 6.07 Å². The average molecular weight is 332 g/mol. The number of carbonyl (C=O) groups excluding carboxylic acids is 1. The van der Waals surface area contributed by atoms with Gasteiger partial charge in [0.25, 0.3) is 0 Å². The number of aliphatic hydroxyl groups excluding tert-OH is 1. The predicted octanol–water partition coefficient (Wildman–Crippen LogP) is 2.65. The summed E-state index contributed by atoms with van der Waals surface area (Å²) in [6, 6.07) is 4.46. The Bertz CT molecular complexity index is 457. The van der Waals surface area contributed by atoms with Crippen molar-refractivity contribution in [3.8, 4) is 0 Å². The van der Waals surface area contributed by atoms with Gasteiger partial charge in [0, 0.05) is 6.54 Å². The lowest BCUT2D eigenvalue weighted by Gasteiger charge is -2.25. The standard InChI is InChI=1S/C14H19BrFNO2/c1-14(2,3)12(18)8-17-13(19)7-9-4-5-11(16)10(15)6-9/h4-6,12,18H,7-8H2,1-3H3,(H,17,19). The molecule has 0 saturated carbocycles. The Morgan fingerprint density at radius 1 is 1.47 bits per heavy atom. The summed E-state index contributed by atoms with van der Waals surface area (Å²) >= 11 is 3.08. The minimum absolute atomic E-state index is 0.162. The highest BCUT2D eigenvalue weighted by Crippen LogP contribution is 2.19. The van der Waals surface area contributed by atoms with Gasteiger partial charge in [0.15, 0.2) is 0 Å². The van der Waals surface area contributed by atoms with E-state index in [2.05, 4.69) is 21.2 Å². The number of benzene rings is 1. The van der Waals surface area contributed by atoms with E-state index in [0.717, 1.165) is 5.56 Å². The van der Waals surface area contributed by atoms with Crippen LogP contribution >= 0.6 is 15.9 Å². The maximum atomic E-state index is 13.0. The first-order valence-electron chi connectivity index (χ1n) is 6.09. The van der Waals surface area contributed by atoms with Gasteiger partial charge >= 0.3 is 0 Å². The monoisotopic (exact) mass is 331 g/mol. The van der Waals surface area contributed by atoms with Crippen LogP contribution in [-0.2, 0) is 11.2 Å². The molecule has 0 aliphatic rings. The highest BCUT2D eigenvalue weighted by atomic mass is 79.9. The van der Waals surface area contributed by atoms with Crippen LogP contribution in [0.3, 0.4) is 0 Å². The van der Waals surface area contributed by atoms with Gasteiger partial charge < -0.3 is 10.4 Å². The summed E-state index contributed by atoms with van der Waals surface area (Å²) in [4.78, 5) is 11.7. The zero-order valence-electron chi connectivity index (χ0n) is 11.3. The van der Waals surface area contributed by atoms with Crippen LogP contribution < -0.4 is 5.32 Å². The van der Waals surface area contributed by atoms with Gasteiger partial charge in [-0.1, -0.05) is 26.8 Å². The SMILES string of the molecule is CC(C)(C)C(O)CNC(=O)Cc1ccc(F)c(Br)c1. The molecule has 1 rings (SSSR count). The maximum absolute atomic E-state index is 13.0. The number of halogens is 2. The van der Waals surface area contributed by atoms with Gasteiger partial charge in [-0.15, -0.1) is 0 Å². The molecule has 0 fully saturated rings. The lowest BCUT2D eigenvalue weighted by Crippen LogP contribution is -2.39. The molecule has 19 heavy (non-hydrogen) atoms. The Labute approximate surface area is 121 Å². The van der Waals surface area contributed by atoms with E-state index >= 15 is 0 Å². The van der Waals surface area contributed by atoms with Crippen molar-refractivity contribution >= 4 is 21.8 Å². The molecule has 106 valence electrons. The van der Waals surface area contributed by atoms with Gasteiger partial charge in [0.1, 0.15) is 5.82 Å². The smallest absolute Gasteiger partial charge is 0.224 e. The summed E-state index contributed by atoms with van der Waals surface area (Å²) in [6.45, 7) is 5.92. The third kappa shape index (κ3) is 5.28. The second kappa shape index (κ2) is 6.48. The number of hydrogen-bond donors (Lipinski definition) is 2. The van der Waals surface area contributed by atoms with E-state index in [1.807, 2.05) is 20.8 Å². The van der Waals surface area contributed by atoms with E-state index in [4.69, 9.17) is 0 Å². The van der Waals surface area contributed by atoms with Crippen molar-refractivity contribution < 1.29 is 14.3 Å². The molecule has 3 nitrogen and oxygen atoms in total. The van der Waals surface area contributed by atoms with Crippen LogP contribution in [0.15, 0.2) is 22.7 Å². The molecular weight excluding hydrogens is 313 g/mol. The molecule has 1 unspecified atom stereocenters. The van der Waals surface area contributed by atoms with Gasteiger partial charge in [0.05, 0.1) is 17.0 Å². The van der Waals surface area contributed by atoms with Gasteiger partial charge in [-0.2, -0.15) is 0 Å². The summed E-state index contributed by atoms with van der Waals surface area (Å²) in [5, 5.41) is 12.5. The van der Waals surface area contributed by atoms with Gasteiger partial charge in [0.2, 0.25) is 5.91 Å².